The Kier molecular flexibility index (Phi) is 5.77. The predicted molar refractivity (Wildman–Crippen MR) is 87.4 cm³/mol. The zero-order valence-electron chi connectivity index (χ0n) is 13.9. The first-order chi connectivity index (χ1) is 10.9. The van der Waals surface area contributed by atoms with Gasteiger partial charge in [-0.1, -0.05) is 38.1 Å². The molecular weight excluding hydrogens is 294 g/mol. The molecule has 5 nitrogen and oxygen atoms in total. The number of benzene rings is 1. The zero-order valence-corrected chi connectivity index (χ0v) is 13.9. The molecule has 0 aromatic heterocycles. The van der Waals surface area contributed by atoms with Gasteiger partial charge in [-0.25, -0.2) is 4.79 Å². The molecule has 23 heavy (non-hydrogen) atoms. The van der Waals surface area contributed by atoms with Crippen LogP contribution in [0.15, 0.2) is 24.3 Å². The van der Waals surface area contributed by atoms with E-state index in [1.54, 1.807) is 0 Å². The summed E-state index contributed by atoms with van der Waals surface area (Å²) in [6.45, 7) is 6.26. The number of amides is 1. The number of hydrogen-bond donors (Lipinski definition) is 2. The van der Waals surface area contributed by atoms with Crippen molar-refractivity contribution in [2.45, 2.75) is 64.2 Å². The molecule has 5 heteroatoms. The van der Waals surface area contributed by atoms with Crippen LogP contribution >= 0.6 is 0 Å². The second-order valence-corrected chi connectivity index (χ2v) is 6.54. The number of carbonyl (C=O) groups excluding carboxylic acids is 1. The van der Waals surface area contributed by atoms with Gasteiger partial charge in [-0.3, -0.25) is 4.79 Å². The van der Waals surface area contributed by atoms with Crippen LogP contribution in [0, 0.1) is 0 Å². The first-order valence-corrected chi connectivity index (χ1v) is 8.14. The monoisotopic (exact) mass is 319 g/mol. The highest BCUT2D eigenvalue weighted by Crippen LogP contribution is 2.20. The fraction of sp³-hybridized carbons (Fsp3) is 0.556. The Morgan fingerprint density at radius 2 is 1.78 bits per heavy atom. The molecule has 1 saturated heterocycles. The molecule has 0 aliphatic carbocycles. The van der Waals surface area contributed by atoms with Gasteiger partial charge in [0, 0.05) is 6.04 Å². The van der Waals surface area contributed by atoms with Crippen molar-refractivity contribution in [1.29, 1.82) is 0 Å². The Morgan fingerprint density at radius 1 is 1.17 bits per heavy atom. The topological polar surface area (TPSA) is 75.6 Å². The van der Waals surface area contributed by atoms with E-state index < -0.39 is 18.2 Å². The Hall–Kier alpha value is -1.88. The molecule has 0 radical (unpaired) electrons. The van der Waals surface area contributed by atoms with Gasteiger partial charge in [-0.2, -0.15) is 0 Å². The maximum Gasteiger partial charge on any atom is 0.332 e. The van der Waals surface area contributed by atoms with Gasteiger partial charge in [0.15, 0.2) is 6.10 Å². The van der Waals surface area contributed by atoms with Gasteiger partial charge in [-0.15, -0.1) is 0 Å². The van der Waals surface area contributed by atoms with Crippen molar-refractivity contribution in [3.05, 3.63) is 35.4 Å². The average Bonchev–Trinajstić information content (AvgIpc) is 2.97. The van der Waals surface area contributed by atoms with Gasteiger partial charge in [-0.05, 0) is 43.2 Å². The second-order valence-electron chi connectivity index (χ2n) is 6.54. The lowest BCUT2D eigenvalue weighted by Gasteiger charge is -2.17. The first kappa shape index (κ1) is 17.5. The summed E-state index contributed by atoms with van der Waals surface area (Å²) >= 11 is 0. The molecular formula is C18H25NO4. The molecule has 126 valence electrons. The van der Waals surface area contributed by atoms with Crippen LogP contribution in [0.1, 0.15) is 50.7 Å². The summed E-state index contributed by atoms with van der Waals surface area (Å²) in [6, 6.07) is 8.38. The maximum absolute atomic E-state index is 12.1. The van der Waals surface area contributed by atoms with Gasteiger partial charge in [0.2, 0.25) is 5.91 Å². The number of carbonyl (C=O) groups is 2. The smallest absolute Gasteiger partial charge is 0.332 e. The average molecular weight is 319 g/mol. The normalized spacial score (nSPS) is 22.1. The van der Waals surface area contributed by atoms with Crippen LogP contribution in [0.3, 0.4) is 0 Å². The van der Waals surface area contributed by atoms with Crippen LogP contribution in [0.4, 0.5) is 0 Å². The Balaban J connectivity index is 1.83. The molecule has 0 saturated carbocycles. The van der Waals surface area contributed by atoms with E-state index in [4.69, 9.17) is 9.84 Å². The van der Waals surface area contributed by atoms with E-state index in [1.807, 2.05) is 6.92 Å². The quantitative estimate of drug-likeness (QED) is 0.844. The molecule has 1 heterocycles. The van der Waals surface area contributed by atoms with Crippen LogP contribution in [-0.2, 0) is 20.7 Å². The lowest BCUT2D eigenvalue weighted by atomic mass is 9.99. The molecule has 1 aromatic carbocycles. The standard InChI is InChI=1S/C18H25NO4/c1-11(2)14-6-4-13(5-7-14)10-12(3)19-17(20)15-8-9-16(23-15)18(21)22/h4-7,11-12,15-16H,8-10H2,1-3H3,(H,19,20)(H,21,22)/t12?,15-,16+/m0/s1. The third-order valence-electron chi connectivity index (χ3n) is 4.16. The summed E-state index contributed by atoms with van der Waals surface area (Å²) in [4.78, 5) is 23.0. The molecule has 1 amide bonds. The van der Waals surface area contributed by atoms with Crippen molar-refractivity contribution in [3.63, 3.8) is 0 Å². The summed E-state index contributed by atoms with van der Waals surface area (Å²) in [6.07, 6.45) is 0.0718. The summed E-state index contributed by atoms with van der Waals surface area (Å²) in [7, 11) is 0. The highest BCUT2D eigenvalue weighted by Gasteiger charge is 2.34. The summed E-state index contributed by atoms with van der Waals surface area (Å²) in [5.74, 6) is -0.721. The second kappa shape index (κ2) is 7.59. The number of aliphatic carboxylic acids is 1. The maximum atomic E-state index is 12.1. The number of ether oxygens (including phenoxy) is 1. The molecule has 1 aliphatic rings. The number of carboxylic acids is 1. The molecule has 1 aliphatic heterocycles. The molecule has 3 atom stereocenters. The lowest BCUT2D eigenvalue weighted by molar-refractivity contribution is -0.151. The largest absolute Gasteiger partial charge is 0.479 e. The van der Waals surface area contributed by atoms with Crippen LogP contribution in [-0.4, -0.2) is 35.2 Å². The van der Waals surface area contributed by atoms with Crippen molar-refractivity contribution in [1.82, 2.24) is 5.32 Å². The first-order valence-electron chi connectivity index (χ1n) is 8.14. The molecule has 2 rings (SSSR count). The van der Waals surface area contributed by atoms with Crippen LogP contribution < -0.4 is 5.32 Å². The van der Waals surface area contributed by atoms with E-state index >= 15 is 0 Å². The van der Waals surface area contributed by atoms with E-state index in [2.05, 4.69) is 43.4 Å². The third-order valence-corrected chi connectivity index (χ3v) is 4.16. The highest BCUT2D eigenvalue weighted by molar-refractivity contribution is 5.82. The Morgan fingerprint density at radius 3 is 2.30 bits per heavy atom. The van der Waals surface area contributed by atoms with Crippen molar-refractivity contribution < 1.29 is 19.4 Å². The SMILES string of the molecule is CC(Cc1ccc(C(C)C)cc1)NC(=O)[C@@H]1CC[C@H](C(=O)O)O1. The van der Waals surface area contributed by atoms with E-state index in [0.717, 1.165) is 12.0 Å². The fourth-order valence-corrected chi connectivity index (χ4v) is 2.79. The minimum Gasteiger partial charge on any atom is -0.479 e. The number of hydrogen-bond acceptors (Lipinski definition) is 3. The summed E-state index contributed by atoms with van der Waals surface area (Å²) in [5, 5.41) is 11.8. The minimum absolute atomic E-state index is 0.0279. The predicted octanol–water partition coefficient (Wildman–Crippen LogP) is 2.49. The molecule has 1 unspecified atom stereocenters. The molecule has 1 aromatic rings. The molecule has 0 spiro atoms. The van der Waals surface area contributed by atoms with Crippen LogP contribution in [0.25, 0.3) is 0 Å². The number of nitrogens with one attached hydrogen (secondary N) is 1. The zero-order chi connectivity index (χ0) is 17.0. The molecule has 0 bridgehead atoms. The lowest BCUT2D eigenvalue weighted by Crippen LogP contribution is -2.41. The van der Waals surface area contributed by atoms with Crippen LogP contribution in [0.2, 0.25) is 0 Å². The van der Waals surface area contributed by atoms with E-state index in [0.29, 0.717) is 18.8 Å². The number of rotatable bonds is 6. The Bertz CT molecular complexity index is 553. The fourth-order valence-electron chi connectivity index (χ4n) is 2.79. The molecule has 1 fully saturated rings. The van der Waals surface area contributed by atoms with Crippen LogP contribution in [0.5, 0.6) is 0 Å². The van der Waals surface area contributed by atoms with E-state index in [-0.39, 0.29) is 11.9 Å². The van der Waals surface area contributed by atoms with Crippen molar-refractivity contribution in [3.8, 4) is 0 Å². The number of carboxylic acid groups (broad SMARTS) is 1. The van der Waals surface area contributed by atoms with Crippen molar-refractivity contribution in [2.24, 2.45) is 0 Å². The summed E-state index contributed by atoms with van der Waals surface area (Å²) < 4.78 is 5.27. The third kappa shape index (κ3) is 4.79. The van der Waals surface area contributed by atoms with Gasteiger partial charge in [0.05, 0.1) is 0 Å². The summed E-state index contributed by atoms with van der Waals surface area (Å²) in [5.41, 5.74) is 2.46. The van der Waals surface area contributed by atoms with E-state index in [9.17, 15) is 9.59 Å². The van der Waals surface area contributed by atoms with Crippen molar-refractivity contribution in [2.75, 3.05) is 0 Å². The molecule has 2 N–H and O–H groups in total. The minimum atomic E-state index is -1.00. The van der Waals surface area contributed by atoms with Crippen molar-refractivity contribution >= 4 is 11.9 Å². The highest BCUT2D eigenvalue weighted by atomic mass is 16.5. The van der Waals surface area contributed by atoms with E-state index in [1.165, 1.54) is 5.56 Å². The van der Waals surface area contributed by atoms with Gasteiger partial charge in [0.1, 0.15) is 6.10 Å². The Labute approximate surface area is 137 Å². The van der Waals surface area contributed by atoms with Gasteiger partial charge < -0.3 is 15.2 Å². The van der Waals surface area contributed by atoms with Gasteiger partial charge >= 0.3 is 5.97 Å². The van der Waals surface area contributed by atoms with Gasteiger partial charge in [0.25, 0.3) is 0 Å².